The number of ether oxygens (including phenoxy) is 7. The molecule has 1 fully saturated rings. The standard InChI is InChI=1S/C13H22O9/c1-16-3-6-20-12(14)11(13(15)21-7-4-17-2)22-10-9-18-5-8-19-10/h10-11H,3-9H2,1-2H3. The maximum Gasteiger partial charge on any atom is 0.347 e. The van der Waals surface area contributed by atoms with Crippen molar-refractivity contribution in [2.45, 2.75) is 12.4 Å². The van der Waals surface area contributed by atoms with Gasteiger partial charge in [0.1, 0.15) is 13.2 Å². The Morgan fingerprint density at radius 3 is 2.05 bits per heavy atom. The molecule has 1 saturated heterocycles. The molecule has 128 valence electrons. The van der Waals surface area contributed by atoms with Gasteiger partial charge in [-0.05, 0) is 0 Å². The Balaban J connectivity index is 2.53. The predicted octanol–water partition coefficient (Wildman–Crippen LogP) is -0.876. The molecule has 9 nitrogen and oxygen atoms in total. The molecule has 1 rings (SSSR count). The number of hydrogen-bond donors (Lipinski definition) is 0. The second-order valence-electron chi connectivity index (χ2n) is 4.21. The van der Waals surface area contributed by atoms with Crippen molar-refractivity contribution >= 4 is 11.9 Å². The van der Waals surface area contributed by atoms with Crippen LogP contribution in [0.3, 0.4) is 0 Å². The first kappa shape index (κ1) is 18.8. The highest BCUT2D eigenvalue weighted by atomic mass is 16.7. The third-order valence-electron chi connectivity index (χ3n) is 2.56. The van der Waals surface area contributed by atoms with E-state index in [1.54, 1.807) is 0 Å². The van der Waals surface area contributed by atoms with Crippen LogP contribution in [-0.4, -0.2) is 84.8 Å². The maximum absolute atomic E-state index is 11.9. The Morgan fingerprint density at radius 1 is 1.00 bits per heavy atom. The zero-order chi connectivity index (χ0) is 16.2. The maximum atomic E-state index is 11.9. The summed E-state index contributed by atoms with van der Waals surface area (Å²) in [7, 11) is 2.93. The molecule has 1 unspecified atom stereocenters. The van der Waals surface area contributed by atoms with E-state index in [9.17, 15) is 9.59 Å². The molecular formula is C13H22O9. The van der Waals surface area contributed by atoms with Gasteiger partial charge in [-0.1, -0.05) is 0 Å². The zero-order valence-electron chi connectivity index (χ0n) is 12.8. The molecule has 0 amide bonds. The third kappa shape index (κ3) is 7.14. The van der Waals surface area contributed by atoms with Gasteiger partial charge in [0.2, 0.25) is 0 Å². The lowest BCUT2D eigenvalue weighted by atomic mass is 10.3. The summed E-state index contributed by atoms with van der Waals surface area (Å²) in [5, 5.41) is 0. The van der Waals surface area contributed by atoms with Crippen LogP contribution in [0.5, 0.6) is 0 Å². The fourth-order valence-corrected chi connectivity index (χ4v) is 1.51. The highest BCUT2D eigenvalue weighted by molar-refractivity contribution is 5.98. The molecule has 9 heteroatoms. The summed E-state index contributed by atoms with van der Waals surface area (Å²) in [6, 6.07) is 0. The molecule has 0 saturated carbocycles. The Bertz CT molecular complexity index is 305. The molecule has 0 aromatic heterocycles. The minimum absolute atomic E-state index is 0.00255. The Kier molecular flexibility index (Phi) is 9.67. The largest absolute Gasteiger partial charge is 0.461 e. The number of rotatable bonds is 10. The van der Waals surface area contributed by atoms with Crippen LogP contribution >= 0.6 is 0 Å². The summed E-state index contributed by atoms with van der Waals surface area (Å²) in [5.41, 5.74) is 0. The molecule has 0 aromatic carbocycles. The first-order valence-electron chi connectivity index (χ1n) is 6.85. The van der Waals surface area contributed by atoms with Gasteiger partial charge in [-0.2, -0.15) is 0 Å². The van der Waals surface area contributed by atoms with Crippen molar-refractivity contribution in [2.75, 3.05) is 60.5 Å². The van der Waals surface area contributed by atoms with Gasteiger partial charge in [0.15, 0.2) is 6.29 Å². The second kappa shape index (κ2) is 11.3. The summed E-state index contributed by atoms with van der Waals surface area (Å²) in [6.07, 6.45) is -2.37. The summed E-state index contributed by atoms with van der Waals surface area (Å²) >= 11 is 0. The van der Waals surface area contributed by atoms with Crippen molar-refractivity contribution in [1.82, 2.24) is 0 Å². The number of carbonyl (C=O) groups is 2. The lowest BCUT2D eigenvalue weighted by molar-refractivity contribution is -0.238. The average Bonchev–Trinajstić information content (AvgIpc) is 2.54. The molecule has 0 bridgehead atoms. The topological polar surface area (TPSA) is 98.8 Å². The molecule has 0 N–H and O–H groups in total. The zero-order valence-corrected chi connectivity index (χ0v) is 12.8. The van der Waals surface area contributed by atoms with Gasteiger partial charge in [0.25, 0.3) is 6.10 Å². The van der Waals surface area contributed by atoms with Crippen molar-refractivity contribution in [3.05, 3.63) is 0 Å². The SMILES string of the molecule is COCCOC(=O)C(OC1COCCO1)C(=O)OCCOC. The van der Waals surface area contributed by atoms with E-state index in [4.69, 9.17) is 33.2 Å². The van der Waals surface area contributed by atoms with Crippen molar-refractivity contribution in [2.24, 2.45) is 0 Å². The number of carbonyl (C=O) groups excluding carboxylic acids is 2. The van der Waals surface area contributed by atoms with Gasteiger partial charge in [-0.15, -0.1) is 0 Å². The second-order valence-corrected chi connectivity index (χ2v) is 4.21. The van der Waals surface area contributed by atoms with Crippen LogP contribution in [0.1, 0.15) is 0 Å². The predicted molar refractivity (Wildman–Crippen MR) is 71.1 cm³/mol. The fourth-order valence-electron chi connectivity index (χ4n) is 1.51. The van der Waals surface area contributed by atoms with E-state index in [0.717, 1.165) is 0 Å². The quantitative estimate of drug-likeness (QED) is 0.288. The average molecular weight is 322 g/mol. The molecule has 0 aliphatic carbocycles. The van der Waals surface area contributed by atoms with E-state index in [2.05, 4.69) is 0 Å². The Labute approximate surface area is 128 Å². The van der Waals surface area contributed by atoms with Crippen LogP contribution in [0.25, 0.3) is 0 Å². The highest BCUT2D eigenvalue weighted by Crippen LogP contribution is 2.09. The van der Waals surface area contributed by atoms with Crippen molar-refractivity contribution in [3.8, 4) is 0 Å². The molecule has 0 aromatic rings. The first-order chi connectivity index (χ1) is 10.7. The minimum atomic E-state index is -1.54. The van der Waals surface area contributed by atoms with Gasteiger partial charge in [0.05, 0.1) is 33.0 Å². The highest BCUT2D eigenvalue weighted by Gasteiger charge is 2.34. The van der Waals surface area contributed by atoms with E-state index in [0.29, 0.717) is 13.2 Å². The molecule has 0 radical (unpaired) electrons. The monoisotopic (exact) mass is 322 g/mol. The summed E-state index contributed by atoms with van der Waals surface area (Å²) in [5.74, 6) is -1.73. The van der Waals surface area contributed by atoms with E-state index >= 15 is 0 Å². The van der Waals surface area contributed by atoms with Crippen LogP contribution in [0.2, 0.25) is 0 Å². The van der Waals surface area contributed by atoms with E-state index in [1.165, 1.54) is 14.2 Å². The lowest BCUT2D eigenvalue weighted by Crippen LogP contribution is -2.43. The summed E-state index contributed by atoms with van der Waals surface area (Å²) < 4.78 is 35.0. The molecule has 1 atom stereocenters. The van der Waals surface area contributed by atoms with E-state index in [-0.39, 0.29) is 33.0 Å². The fraction of sp³-hybridized carbons (Fsp3) is 0.846. The molecular weight excluding hydrogens is 300 g/mol. The minimum Gasteiger partial charge on any atom is -0.461 e. The van der Waals surface area contributed by atoms with Crippen molar-refractivity contribution in [3.63, 3.8) is 0 Å². The molecule has 1 aliphatic rings. The van der Waals surface area contributed by atoms with Gasteiger partial charge < -0.3 is 33.2 Å². The Hall–Kier alpha value is -1.26. The van der Waals surface area contributed by atoms with E-state index in [1.807, 2.05) is 0 Å². The van der Waals surface area contributed by atoms with Crippen LogP contribution < -0.4 is 0 Å². The van der Waals surface area contributed by atoms with Gasteiger partial charge >= 0.3 is 11.9 Å². The molecule has 1 heterocycles. The van der Waals surface area contributed by atoms with Crippen LogP contribution in [0.4, 0.5) is 0 Å². The first-order valence-corrected chi connectivity index (χ1v) is 6.85. The van der Waals surface area contributed by atoms with Crippen LogP contribution in [0.15, 0.2) is 0 Å². The van der Waals surface area contributed by atoms with Gasteiger partial charge in [-0.25, -0.2) is 9.59 Å². The normalized spacial score (nSPS) is 18.2. The van der Waals surface area contributed by atoms with Crippen molar-refractivity contribution in [1.29, 1.82) is 0 Å². The summed E-state index contributed by atoms with van der Waals surface area (Å²) in [4.78, 5) is 23.9. The number of esters is 2. The molecule has 1 aliphatic heterocycles. The smallest absolute Gasteiger partial charge is 0.347 e. The Morgan fingerprint density at radius 2 is 1.59 bits per heavy atom. The molecule has 0 spiro atoms. The van der Waals surface area contributed by atoms with Crippen LogP contribution in [-0.2, 0) is 42.7 Å². The van der Waals surface area contributed by atoms with E-state index < -0.39 is 24.3 Å². The lowest BCUT2D eigenvalue weighted by Gasteiger charge is -2.26. The molecule has 22 heavy (non-hydrogen) atoms. The van der Waals surface area contributed by atoms with Crippen LogP contribution in [0, 0.1) is 0 Å². The third-order valence-corrected chi connectivity index (χ3v) is 2.56. The number of hydrogen-bond acceptors (Lipinski definition) is 9. The van der Waals surface area contributed by atoms with Gasteiger partial charge in [0, 0.05) is 14.2 Å². The number of methoxy groups -OCH3 is 2. The van der Waals surface area contributed by atoms with Gasteiger partial charge in [-0.3, -0.25) is 0 Å². The summed E-state index contributed by atoms with van der Waals surface area (Å²) in [6.45, 7) is 1.29. The van der Waals surface area contributed by atoms with Crippen molar-refractivity contribution < 1.29 is 42.7 Å².